The van der Waals surface area contributed by atoms with Crippen molar-refractivity contribution in [2.75, 3.05) is 6.54 Å². The summed E-state index contributed by atoms with van der Waals surface area (Å²) in [5.41, 5.74) is 6.70. The molecule has 31 heavy (non-hydrogen) atoms. The van der Waals surface area contributed by atoms with E-state index in [1.807, 2.05) is 18.2 Å². The molecule has 0 saturated carbocycles. The second-order valence-electron chi connectivity index (χ2n) is 7.39. The van der Waals surface area contributed by atoms with Gasteiger partial charge in [-0.2, -0.15) is 5.26 Å². The Hall–Kier alpha value is -3.49. The number of aromatic nitrogens is 1. The summed E-state index contributed by atoms with van der Waals surface area (Å²) in [6.07, 6.45) is 2.47. The molecule has 1 unspecified atom stereocenters. The van der Waals surface area contributed by atoms with E-state index in [-0.39, 0.29) is 12.4 Å². The number of benzene rings is 1. The van der Waals surface area contributed by atoms with Gasteiger partial charge < -0.3 is 10.5 Å². The van der Waals surface area contributed by atoms with Crippen molar-refractivity contribution >= 4 is 22.9 Å². The highest BCUT2D eigenvalue weighted by atomic mass is 32.2. The van der Waals surface area contributed by atoms with Gasteiger partial charge in [-0.1, -0.05) is 0 Å². The molecular formula is C20H25N7O3S. The normalized spacial score (nSPS) is 12.5. The van der Waals surface area contributed by atoms with Crippen molar-refractivity contribution in [3.63, 3.8) is 0 Å². The van der Waals surface area contributed by atoms with Gasteiger partial charge in [0.05, 0.1) is 17.5 Å². The molecule has 4 N–H and O–H groups in total. The van der Waals surface area contributed by atoms with Crippen LogP contribution in [0.1, 0.15) is 31.9 Å². The monoisotopic (exact) mass is 443 g/mol. The van der Waals surface area contributed by atoms with E-state index in [0.717, 1.165) is 9.87 Å². The molecule has 0 aliphatic carbocycles. The third-order valence-corrected chi connectivity index (χ3v) is 5.05. The Kier molecular flexibility index (Phi) is 8.07. The molecule has 2 aromatic rings. The van der Waals surface area contributed by atoms with E-state index >= 15 is 0 Å². The molecule has 1 aromatic heterocycles. The first-order valence-electron chi connectivity index (χ1n) is 9.25. The van der Waals surface area contributed by atoms with Gasteiger partial charge in [-0.3, -0.25) is 4.98 Å². The number of hydrogen-bond acceptors (Lipinski definition) is 8. The summed E-state index contributed by atoms with van der Waals surface area (Å²) < 4.78 is 18.9. The predicted molar refractivity (Wildman–Crippen MR) is 116 cm³/mol. The highest BCUT2D eigenvalue weighted by Crippen LogP contribution is 2.17. The van der Waals surface area contributed by atoms with Gasteiger partial charge in [-0.05, 0) is 62.7 Å². The van der Waals surface area contributed by atoms with Crippen LogP contribution in [0.3, 0.4) is 0 Å². The van der Waals surface area contributed by atoms with Crippen LogP contribution in [0.5, 0.6) is 0 Å². The number of hydrogen-bond donors (Lipinski definition) is 2. The summed E-state index contributed by atoms with van der Waals surface area (Å²) in [6.45, 7) is 5.01. The van der Waals surface area contributed by atoms with Gasteiger partial charge in [0.15, 0.2) is 16.8 Å². The summed E-state index contributed by atoms with van der Waals surface area (Å²) >= 11 is 0. The molecule has 1 atom stereocenters. The molecular weight excluding hydrogens is 418 g/mol. The number of ether oxygens (including phenoxy) is 1. The van der Waals surface area contributed by atoms with Gasteiger partial charge >= 0.3 is 6.09 Å². The zero-order chi connectivity index (χ0) is 23.0. The van der Waals surface area contributed by atoms with Gasteiger partial charge in [-0.25, -0.2) is 24.3 Å². The fraction of sp³-hybridized carbons (Fsp3) is 0.300. The van der Waals surface area contributed by atoms with Crippen LogP contribution in [0.4, 0.5) is 4.79 Å². The molecule has 10 nitrogen and oxygen atoms in total. The number of rotatable bonds is 7. The lowest BCUT2D eigenvalue weighted by Crippen LogP contribution is -2.38. The largest absolute Gasteiger partial charge is 0.443 e. The molecule has 164 valence electrons. The van der Waals surface area contributed by atoms with E-state index in [9.17, 15) is 9.00 Å². The molecule has 0 saturated heterocycles. The van der Waals surface area contributed by atoms with Crippen molar-refractivity contribution in [2.24, 2.45) is 16.7 Å². The number of hydrazine groups is 1. The number of carbonyl (C=O) groups excluding carboxylic acids is 1. The van der Waals surface area contributed by atoms with Gasteiger partial charge in [0.25, 0.3) is 0 Å². The van der Waals surface area contributed by atoms with Crippen LogP contribution in [0.2, 0.25) is 0 Å². The highest BCUT2D eigenvalue weighted by Gasteiger charge is 2.27. The predicted octanol–water partition coefficient (Wildman–Crippen LogP) is 1.86. The number of carbonyl (C=O) groups is 1. The average Bonchev–Trinajstić information content (AvgIpc) is 2.71. The maximum absolute atomic E-state index is 12.8. The van der Waals surface area contributed by atoms with Crippen molar-refractivity contribution in [1.82, 2.24) is 14.4 Å². The van der Waals surface area contributed by atoms with Crippen molar-refractivity contribution < 1.29 is 13.7 Å². The van der Waals surface area contributed by atoms with Crippen molar-refractivity contribution in [1.29, 1.82) is 5.26 Å². The molecule has 0 aliphatic rings. The van der Waals surface area contributed by atoms with E-state index in [4.69, 9.17) is 21.6 Å². The van der Waals surface area contributed by atoms with Crippen LogP contribution in [0.25, 0.3) is 0 Å². The number of pyridine rings is 1. The average molecular weight is 444 g/mol. The van der Waals surface area contributed by atoms with Crippen molar-refractivity contribution in [3.05, 3.63) is 59.9 Å². The number of nitrogens with zero attached hydrogens (tertiary/aromatic N) is 5. The second-order valence-corrected chi connectivity index (χ2v) is 8.80. The number of nitriles is 1. The second kappa shape index (κ2) is 10.5. The first-order valence-corrected chi connectivity index (χ1v) is 10.4. The van der Waals surface area contributed by atoms with E-state index in [0.29, 0.717) is 17.0 Å². The standard InChI is InChI=1S/C20H25N7O3S/c1-20(2,3)30-19(28)26(13-10-21)31(29)17-6-4-16(5-7-17)18(22)25-27(23)14-15-8-11-24-12-9-15/h4-9,11-12H,13-14,23H2,1-3H3,(H2,22,25). The summed E-state index contributed by atoms with van der Waals surface area (Å²) in [7, 11) is -1.93. The van der Waals surface area contributed by atoms with Crippen molar-refractivity contribution in [3.8, 4) is 6.07 Å². The first-order chi connectivity index (χ1) is 14.6. The maximum Gasteiger partial charge on any atom is 0.423 e. The quantitative estimate of drug-likeness (QED) is 0.216. The Balaban J connectivity index is 2.12. The molecule has 0 bridgehead atoms. The van der Waals surface area contributed by atoms with Gasteiger partial charge in [0, 0.05) is 18.0 Å². The molecule has 0 radical (unpaired) electrons. The Labute approximate surface area is 183 Å². The van der Waals surface area contributed by atoms with Crippen LogP contribution >= 0.6 is 0 Å². The summed E-state index contributed by atoms with van der Waals surface area (Å²) in [4.78, 5) is 16.6. The van der Waals surface area contributed by atoms with Crippen LogP contribution in [0, 0.1) is 11.3 Å². The third kappa shape index (κ3) is 7.36. The van der Waals surface area contributed by atoms with Gasteiger partial charge in [-0.15, -0.1) is 5.10 Å². The van der Waals surface area contributed by atoms with Crippen LogP contribution in [-0.4, -0.2) is 42.7 Å². The highest BCUT2D eigenvalue weighted by molar-refractivity contribution is 7.83. The molecule has 2 rings (SSSR count). The molecule has 1 amide bonds. The first kappa shape index (κ1) is 23.8. The Morgan fingerprint density at radius 3 is 2.39 bits per heavy atom. The maximum atomic E-state index is 12.8. The minimum Gasteiger partial charge on any atom is -0.443 e. The third-order valence-electron chi connectivity index (χ3n) is 3.69. The van der Waals surface area contributed by atoms with E-state index in [1.165, 1.54) is 17.3 Å². The number of amidine groups is 1. The minimum absolute atomic E-state index is 0.162. The lowest BCUT2D eigenvalue weighted by Gasteiger charge is -2.24. The van der Waals surface area contributed by atoms with E-state index in [1.54, 1.807) is 45.3 Å². The molecule has 0 aliphatic heterocycles. The van der Waals surface area contributed by atoms with Crippen LogP contribution in [0.15, 0.2) is 58.8 Å². The SMILES string of the molecule is CC(C)(C)OC(=O)N(CC#N)S(=O)c1ccc(/C(N)=N/N(N)Cc2ccncc2)cc1. The Bertz CT molecular complexity index is 983. The minimum atomic E-state index is -1.93. The summed E-state index contributed by atoms with van der Waals surface area (Å²) in [5.74, 6) is 6.05. The molecule has 0 spiro atoms. The Morgan fingerprint density at radius 1 is 1.23 bits per heavy atom. The van der Waals surface area contributed by atoms with E-state index in [2.05, 4.69) is 10.1 Å². The lowest BCUT2D eigenvalue weighted by molar-refractivity contribution is 0.0412. The summed E-state index contributed by atoms with van der Waals surface area (Å²) in [6, 6.07) is 11.7. The summed E-state index contributed by atoms with van der Waals surface area (Å²) in [5, 5.41) is 14.3. The zero-order valence-corrected chi connectivity index (χ0v) is 18.4. The number of hydrazone groups is 1. The van der Waals surface area contributed by atoms with Crippen molar-refractivity contribution in [2.45, 2.75) is 37.8 Å². The fourth-order valence-corrected chi connectivity index (χ4v) is 3.32. The van der Waals surface area contributed by atoms with E-state index < -0.39 is 22.7 Å². The van der Waals surface area contributed by atoms with Crippen LogP contribution < -0.4 is 11.6 Å². The number of amides is 1. The molecule has 0 fully saturated rings. The smallest absolute Gasteiger partial charge is 0.423 e. The van der Waals surface area contributed by atoms with Crippen LogP contribution in [-0.2, 0) is 22.3 Å². The fourth-order valence-electron chi connectivity index (χ4n) is 2.34. The van der Waals surface area contributed by atoms with Gasteiger partial charge in [0.1, 0.15) is 12.1 Å². The molecule has 1 heterocycles. The Morgan fingerprint density at radius 2 is 1.84 bits per heavy atom. The molecule has 11 heteroatoms. The lowest BCUT2D eigenvalue weighted by atomic mass is 10.2. The number of nitrogens with two attached hydrogens (primary N) is 2. The topological polar surface area (TPSA) is 151 Å². The van der Waals surface area contributed by atoms with Gasteiger partial charge in [0.2, 0.25) is 0 Å². The molecule has 1 aromatic carbocycles. The zero-order valence-electron chi connectivity index (χ0n) is 17.6.